The first-order valence-electron chi connectivity index (χ1n) is 8.41. The topological polar surface area (TPSA) is 41.0 Å². The van der Waals surface area contributed by atoms with Crippen molar-refractivity contribution in [2.75, 3.05) is 16.8 Å². The van der Waals surface area contributed by atoms with E-state index in [4.69, 9.17) is 0 Å². The number of fused-ring (bicyclic) bond motifs is 1. The van der Waals surface area contributed by atoms with Crippen molar-refractivity contribution in [3.8, 4) is 0 Å². The molecule has 0 bridgehead atoms. The van der Waals surface area contributed by atoms with Gasteiger partial charge in [0.25, 0.3) is 0 Å². The molecule has 4 heteroatoms. The van der Waals surface area contributed by atoms with Crippen molar-refractivity contribution in [2.45, 2.75) is 52.1 Å². The minimum absolute atomic E-state index is 0.115. The van der Waals surface area contributed by atoms with Crippen molar-refractivity contribution >= 4 is 11.6 Å². The van der Waals surface area contributed by atoms with Gasteiger partial charge in [0.2, 0.25) is 0 Å². The number of anilines is 2. The molecular formula is C19H26N4. The fourth-order valence-corrected chi connectivity index (χ4v) is 3.26. The summed E-state index contributed by atoms with van der Waals surface area (Å²) in [7, 11) is 0. The summed E-state index contributed by atoms with van der Waals surface area (Å²) < 4.78 is 0. The molecule has 0 saturated heterocycles. The Bertz CT molecular complexity index is 681. The zero-order chi connectivity index (χ0) is 16.4. The molecule has 0 amide bonds. The second-order valence-corrected chi connectivity index (χ2v) is 7.11. The Morgan fingerprint density at radius 3 is 2.83 bits per heavy atom. The summed E-state index contributed by atoms with van der Waals surface area (Å²) in [6.45, 7) is 10.8. The lowest BCUT2D eigenvalue weighted by Crippen LogP contribution is -2.42. The second-order valence-electron chi connectivity index (χ2n) is 7.11. The lowest BCUT2D eigenvalue weighted by atomic mass is 9.78. The van der Waals surface area contributed by atoms with E-state index in [1.54, 1.807) is 6.33 Å². The van der Waals surface area contributed by atoms with Gasteiger partial charge in [0, 0.05) is 30.6 Å². The average Bonchev–Trinajstić information content (AvgIpc) is 2.54. The number of hydrogen-bond donors (Lipinski definition) is 1. The Hall–Kier alpha value is -2.10. The van der Waals surface area contributed by atoms with Crippen molar-refractivity contribution in [3.05, 3.63) is 47.8 Å². The van der Waals surface area contributed by atoms with Crippen molar-refractivity contribution in [1.82, 2.24) is 9.97 Å². The summed E-state index contributed by atoms with van der Waals surface area (Å²) in [5.41, 5.74) is 2.95. The van der Waals surface area contributed by atoms with Gasteiger partial charge in [-0.1, -0.05) is 45.0 Å². The van der Waals surface area contributed by atoms with Crippen LogP contribution in [-0.4, -0.2) is 22.6 Å². The van der Waals surface area contributed by atoms with Gasteiger partial charge in [0.05, 0.1) is 0 Å². The maximum Gasteiger partial charge on any atom is 0.134 e. The van der Waals surface area contributed by atoms with E-state index >= 15 is 0 Å². The van der Waals surface area contributed by atoms with Gasteiger partial charge in [0.15, 0.2) is 0 Å². The van der Waals surface area contributed by atoms with Gasteiger partial charge in [-0.25, -0.2) is 9.97 Å². The number of aromatic nitrogens is 2. The van der Waals surface area contributed by atoms with E-state index in [1.165, 1.54) is 11.1 Å². The van der Waals surface area contributed by atoms with Gasteiger partial charge in [-0.05, 0) is 24.5 Å². The summed E-state index contributed by atoms with van der Waals surface area (Å²) in [4.78, 5) is 11.2. The SMILES string of the molecule is CC[C@@H](C)Nc1cc(N2Cc3ccccc3C(C)(C)C2)ncn1. The molecule has 1 aliphatic rings. The maximum atomic E-state index is 4.51. The molecule has 0 saturated carbocycles. The number of nitrogens with zero attached hydrogens (tertiary/aromatic N) is 3. The van der Waals surface area contributed by atoms with Crippen LogP contribution >= 0.6 is 0 Å². The van der Waals surface area contributed by atoms with Gasteiger partial charge in [-0.3, -0.25) is 0 Å². The molecule has 4 nitrogen and oxygen atoms in total. The summed E-state index contributed by atoms with van der Waals surface area (Å²) in [6, 6.07) is 11.2. The van der Waals surface area contributed by atoms with Crippen molar-refractivity contribution < 1.29 is 0 Å². The monoisotopic (exact) mass is 310 g/mol. The van der Waals surface area contributed by atoms with Gasteiger partial charge >= 0.3 is 0 Å². The van der Waals surface area contributed by atoms with Crippen LogP contribution < -0.4 is 10.2 Å². The highest BCUT2D eigenvalue weighted by atomic mass is 15.2. The third kappa shape index (κ3) is 3.31. The predicted molar refractivity (Wildman–Crippen MR) is 95.9 cm³/mol. The zero-order valence-electron chi connectivity index (χ0n) is 14.5. The molecule has 1 N–H and O–H groups in total. The Balaban J connectivity index is 1.87. The standard InChI is InChI=1S/C19H26N4/c1-5-14(2)22-17-10-18(21-13-20-17)23-11-15-8-6-7-9-16(15)19(3,4)12-23/h6-10,13-14H,5,11-12H2,1-4H3,(H,20,21,22)/t14-/m1/s1. The van der Waals surface area contributed by atoms with E-state index in [0.717, 1.165) is 31.1 Å². The molecule has 0 unspecified atom stereocenters. The summed E-state index contributed by atoms with van der Waals surface area (Å²) >= 11 is 0. The summed E-state index contributed by atoms with van der Waals surface area (Å²) in [5.74, 6) is 1.90. The normalized spacial score (nSPS) is 17.5. The van der Waals surface area contributed by atoms with Crippen molar-refractivity contribution in [1.29, 1.82) is 0 Å². The first kappa shape index (κ1) is 15.8. The maximum absolute atomic E-state index is 4.51. The molecule has 0 aliphatic carbocycles. The molecule has 1 atom stereocenters. The number of nitrogens with one attached hydrogen (secondary N) is 1. The van der Waals surface area contributed by atoms with Crippen LogP contribution in [-0.2, 0) is 12.0 Å². The Morgan fingerprint density at radius 2 is 2.04 bits per heavy atom. The van der Waals surface area contributed by atoms with E-state index in [1.807, 2.05) is 0 Å². The molecule has 3 rings (SSSR count). The molecular weight excluding hydrogens is 284 g/mol. The first-order chi connectivity index (χ1) is 11.0. The molecule has 0 radical (unpaired) electrons. The predicted octanol–water partition coefficient (Wildman–Crippen LogP) is 3.98. The fourth-order valence-electron chi connectivity index (χ4n) is 3.26. The van der Waals surface area contributed by atoms with E-state index in [9.17, 15) is 0 Å². The van der Waals surface area contributed by atoms with Crippen LogP contribution in [0.1, 0.15) is 45.2 Å². The van der Waals surface area contributed by atoms with Crippen LogP contribution in [0.25, 0.3) is 0 Å². The quantitative estimate of drug-likeness (QED) is 0.927. The highest BCUT2D eigenvalue weighted by Crippen LogP contribution is 2.35. The van der Waals surface area contributed by atoms with Crippen LogP contribution in [0, 0.1) is 0 Å². The van der Waals surface area contributed by atoms with Gasteiger partial charge in [-0.15, -0.1) is 0 Å². The largest absolute Gasteiger partial charge is 0.367 e. The van der Waals surface area contributed by atoms with Crippen LogP contribution in [0.3, 0.4) is 0 Å². The third-order valence-electron chi connectivity index (χ3n) is 4.68. The third-order valence-corrected chi connectivity index (χ3v) is 4.68. The van der Waals surface area contributed by atoms with Crippen LogP contribution in [0.4, 0.5) is 11.6 Å². The highest BCUT2D eigenvalue weighted by Gasteiger charge is 2.32. The van der Waals surface area contributed by atoms with Crippen molar-refractivity contribution in [3.63, 3.8) is 0 Å². The van der Waals surface area contributed by atoms with Crippen LogP contribution in [0.15, 0.2) is 36.7 Å². The number of rotatable bonds is 4. The average molecular weight is 310 g/mol. The molecule has 1 aromatic heterocycles. The molecule has 1 aromatic carbocycles. The minimum Gasteiger partial charge on any atom is -0.367 e. The Morgan fingerprint density at radius 1 is 1.26 bits per heavy atom. The summed E-state index contributed by atoms with van der Waals surface area (Å²) in [6.07, 6.45) is 2.73. The number of hydrogen-bond acceptors (Lipinski definition) is 4. The van der Waals surface area contributed by atoms with Gasteiger partial charge in [0.1, 0.15) is 18.0 Å². The lowest BCUT2D eigenvalue weighted by molar-refractivity contribution is 0.474. The minimum atomic E-state index is 0.115. The second kappa shape index (κ2) is 6.19. The first-order valence-corrected chi connectivity index (χ1v) is 8.41. The van der Waals surface area contributed by atoms with E-state index in [2.05, 4.69) is 78.2 Å². The summed E-state index contributed by atoms with van der Waals surface area (Å²) in [5, 5.41) is 3.43. The Kier molecular flexibility index (Phi) is 4.24. The zero-order valence-corrected chi connectivity index (χ0v) is 14.5. The molecule has 0 fully saturated rings. The van der Waals surface area contributed by atoms with Crippen molar-refractivity contribution in [2.24, 2.45) is 0 Å². The van der Waals surface area contributed by atoms with Gasteiger partial charge < -0.3 is 10.2 Å². The van der Waals surface area contributed by atoms with Gasteiger partial charge in [-0.2, -0.15) is 0 Å². The molecule has 2 aromatic rings. The fraction of sp³-hybridized carbons (Fsp3) is 0.474. The molecule has 0 spiro atoms. The number of benzene rings is 1. The Labute approximate surface area is 139 Å². The molecule has 1 aliphatic heterocycles. The lowest BCUT2D eigenvalue weighted by Gasteiger charge is -2.40. The highest BCUT2D eigenvalue weighted by molar-refractivity contribution is 5.52. The molecule has 23 heavy (non-hydrogen) atoms. The van der Waals surface area contributed by atoms with E-state index < -0.39 is 0 Å². The smallest absolute Gasteiger partial charge is 0.134 e. The van der Waals surface area contributed by atoms with Crippen LogP contribution in [0.2, 0.25) is 0 Å². The van der Waals surface area contributed by atoms with E-state index in [0.29, 0.717) is 6.04 Å². The molecule has 2 heterocycles. The molecule has 122 valence electrons. The van der Waals surface area contributed by atoms with E-state index in [-0.39, 0.29) is 5.41 Å². The van der Waals surface area contributed by atoms with Crippen LogP contribution in [0.5, 0.6) is 0 Å².